The molecule has 0 aromatic heterocycles. The first kappa shape index (κ1) is 24.1. The van der Waals surface area contributed by atoms with E-state index in [0.717, 1.165) is 31.5 Å². The number of ether oxygens (including phenoxy) is 1. The molecule has 1 aliphatic rings. The second-order valence-corrected chi connectivity index (χ2v) is 10.1. The first-order chi connectivity index (χ1) is 15.3. The zero-order chi connectivity index (χ0) is 23.1. The Kier molecular flexibility index (Phi) is 8.15. The van der Waals surface area contributed by atoms with Crippen LogP contribution in [0.2, 0.25) is 0 Å². The number of methoxy groups -OCH3 is 1. The second kappa shape index (κ2) is 10.8. The van der Waals surface area contributed by atoms with Crippen LogP contribution in [0.3, 0.4) is 0 Å². The van der Waals surface area contributed by atoms with E-state index in [4.69, 9.17) is 4.74 Å². The van der Waals surface area contributed by atoms with Gasteiger partial charge < -0.3 is 10.1 Å². The van der Waals surface area contributed by atoms with Crippen LogP contribution in [-0.4, -0.2) is 51.7 Å². The van der Waals surface area contributed by atoms with Gasteiger partial charge in [-0.2, -0.15) is 0 Å². The lowest BCUT2D eigenvalue weighted by Gasteiger charge is -2.30. The Hall–Kier alpha value is -2.58. The summed E-state index contributed by atoms with van der Waals surface area (Å²) in [6.07, 6.45) is 3.95. The predicted molar refractivity (Wildman–Crippen MR) is 127 cm³/mol. The first-order valence-electron chi connectivity index (χ1n) is 11.0. The molecule has 0 unspecified atom stereocenters. The summed E-state index contributed by atoms with van der Waals surface area (Å²) in [5.41, 5.74) is 2.62. The lowest BCUT2D eigenvalue weighted by molar-refractivity contribution is -0.122. The molecule has 3 rings (SSSR count). The van der Waals surface area contributed by atoms with Crippen molar-refractivity contribution in [2.75, 3.05) is 30.8 Å². The summed E-state index contributed by atoms with van der Waals surface area (Å²) in [4.78, 5) is 15.5. The lowest BCUT2D eigenvalue weighted by atomic mass is 10.1. The summed E-state index contributed by atoms with van der Waals surface area (Å²) in [6.45, 7) is 5.32. The van der Waals surface area contributed by atoms with Crippen molar-refractivity contribution in [3.63, 3.8) is 0 Å². The zero-order valence-electron chi connectivity index (χ0n) is 19.1. The van der Waals surface area contributed by atoms with E-state index in [1.165, 1.54) is 29.8 Å². The third-order valence-corrected chi connectivity index (χ3v) is 6.88. The van der Waals surface area contributed by atoms with Crippen LogP contribution in [0.1, 0.15) is 37.3 Å². The normalized spacial score (nSPS) is 15.3. The van der Waals surface area contributed by atoms with E-state index in [-0.39, 0.29) is 5.91 Å². The number of carbonyl (C=O) groups excluding carboxylic acids is 1. The Morgan fingerprint density at radius 3 is 2.47 bits per heavy atom. The van der Waals surface area contributed by atoms with Crippen LogP contribution in [0.5, 0.6) is 5.75 Å². The Morgan fingerprint density at radius 2 is 1.81 bits per heavy atom. The van der Waals surface area contributed by atoms with Gasteiger partial charge in [-0.3, -0.25) is 14.0 Å². The molecule has 1 atom stereocenters. The van der Waals surface area contributed by atoms with Crippen molar-refractivity contribution in [1.29, 1.82) is 0 Å². The molecule has 8 heteroatoms. The van der Waals surface area contributed by atoms with Gasteiger partial charge >= 0.3 is 0 Å². The number of carbonyl (C=O) groups is 1. The average Bonchev–Trinajstić information content (AvgIpc) is 3.28. The minimum atomic E-state index is -3.69. The molecule has 0 saturated carbocycles. The molecule has 174 valence electrons. The summed E-state index contributed by atoms with van der Waals surface area (Å²) in [7, 11) is -2.17. The van der Waals surface area contributed by atoms with Gasteiger partial charge in [-0.15, -0.1) is 0 Å². The molecule has 32 heavy (non-hydrogen) atoms. The SMILES string of the molecule is CC[C@@H](C(=O)NCc1cccc(CN2CCCC2)c1)N(c1cccc(OC)c1)S(C)(=O)=O. The maximum Gasteiger partial charge on any atom is 0.244 e. The zero-order valence-corrected chi connectivity index (χ0v) is 19.9. The third kappa shape index (κ3) is 6.23. The van der Waals surface area contributed by atoms with E-state index in [0.29, 0.717) is 24.4 Å². The largest absolute Gasteiger partial charge is 0.497 e. The van der Waals surface area contributed by atoms with Crippen molar-refractivity contribution in [2.24, 2.45) is 0 Å². The van der Waals surface area contributed by atoms with Crippen LogP contribution in [0.25, 0.3) is 0 Å². The van der Waals surface area contributed by atoms with Crippen molar-refractivity contribution in [3.8, 4) is 5.75 Å². The average molecular weight is 460 g/mol. The quantitative estimate of drug-likeness (QED) is 0.591. The van der Waals surface area contributed by atoms with Gasteiger partial charge in [0.15, 0.2) is 0 Å². The number of nitrogens with zero attached hydrogens (tertiary/aromatic N) is 2. The second-order valence-electron chi connectivity index (χ2n) is 8.21. The van der Waals surface area contributed by atoms with Crippen LogP contribution >= 0.6 is 0 Å². The summed E-state index contributed by atoms with van der Waals surface area (Å²) < 4.78 is 31.6. The van der Waals surface area contributed by atoms with Crippen LogP contribution in [0.15, 0.2) is 48.5 Å². The van der Waals surface area contributed by atoms with E-state index in [2.05, 4.69) is 22.3 Å². The number of likely N-dealkylation sites (tertiary alicyclic amines) is 1. The molecule has 1 heterocycles. The number of rotatable bonds is 10. The molecule has 2 aromatic carbocycles. The molecule has 1 amide bonds. The van der Waals surface area contributed by atoms with Crippen molar-refractivity contribution >= 4 is 21.6 Å². The van der Waals surface area contributed by atoms with E-state index in [1.54, 1.807) is 31.2 Å². The van der Waals surface area contributed by atoms with Crippen molar-refractivity contribution in [2.45, 2.75) is 45.3 Å². The van der Waals surface area contributed by atoms with Gasteiger partial charge in [0, 0.05) is 19.2 Å². The fourth-order valence-electron chi connectivity index (χ4n) is 4.15. The fraction of sp³-hybridized carbons (Fsp3) is 0.458. The smallest absolute Gasteiger partial charge is 0.244 e. The molecular formula is C24H33N3O4S. The molecule has 1 aliphatic heterocycles. The Bertz CT molecular complexity index is 1020. The lowest BCUT2D eigenvalue weighted by Crippen LogP contribution is -2.49. The monoisotopic (exact) mass is 459 g/mol. The van der Waals surface area contributed by atoms with Crippen molar-refractivity contribution in [1.82, 2.24) is 10.2 Å². The molecule has 0 aliphatic carbocycles. The Balaban J connectivity index is 1.72. The molecule has 0 radical (unpaired) electrons. The maximum atomic E-state index is 13.1. The van der Waals surface area contributed by atoms with Gasteiger partial charge in [-0.05, 0) is 55.6 Å². The van der Waals surface area contributed by atoms with Crippen molar-refractivity contribution in [3.05, 3.63) is 59.7 Å². The van der Waals surface area contributed by atoms with Gasteiger partial charge in [0.05, 0.1) is 19.1 Å². The number of sulfonamides is 1. The molecule has 1 fully saturated rings. The fourth-order valence-corrected chi connectivity index (χ4v) is 5.36. The van der Waals surface area contributed by atoms with Gasteiger partial charge in [-0.1, -0.05) is 37.3 Å². The number of hydrogen-bond donors (Lipinski definition) is 1. The van der Waals surface area contributed by atoms with Crippen LogP contribution < -0.4 is 14.4 Å². The third-order valence-electron chi connectivity index (χ3n) is 5.70. The van der Waals surface area contributed by atoms with E-state index < -0.39 is 16.1 Å². The van der Waals surface area contributed by atoms with Gasteiger partial charge in [0.2, 0.25) is 15.9 Å². The minimum Gasteiger partial charge on any atom is -0.497 e. The molecule has 1 N–H and O–H groups in total. The van der Waals surface area contributed by atoms with Crippen LogP contribution in [0.4, 0.5) is 5.69 Å². The van der Waals surface area contributed by atoms with Gasteiger partial charge in [0.1, 0.15) is 11.8 Å². The van der Waals surface area contributed by atoms with E-state index >= 15 is 0 Å². The Morgan fingerprint density at radius 1 is 1.12 bits per heavy atom. The number of hydrogen-bond acceptors (Lipinski definition) is 5. The summed E-state index contributed by atoms with van der Waals surface area (Å²) in [6, 6.07) is 14.1. The van der Waals surface area contributed by atoms with Gasteiger partial charge in [0.25, 0.3) is 0 Å². The first-order valence-corrected chi connectivity index (χ1v) is 12.9. The topological polar surface area (TPSA) is 79.0 Å². The molecule has 2 aromatic rings. The number of anilines is 1. The van der Waals surface area contributed by atoms with Gasteiger partial charge in [-0.25, -0.2) is 8.42 Å². The van der Waals surface area contributed by atoms with Crippen LogP contribution in [-0.2, 0) is 27.9 Å². The predicted octanol–water partition coefficient (Wildman–Crippen LogP) is 3.15. The molecule has 1 saturated heterocycles. The van der Waals surface area contributed by atoms with Crippen LogP contribution in [0, 0.1) is 0 Å². The number of benzene rings is 2. The van der Waals surface area contributed by atoms with E-state index in [9.17, 15) is 13.2 Å². The molecule has 0 spiro atoms. The standard InChI is InChI=1S/C24H33N3O4S/c1-4-23(27(32(3,29)30)21-11-8-12-22(16-21)31-2)24(28)25-17-19-9-7-10-20(15-19)18-26-13-5-6-14-26/h7-12,15-16,23H,4-6,13-14,17-18H2,1-3H3,(H,25,28)/t23-/m0/s1. The highest BCUT2D eigenvalue weighted by Crippen LogP contribution is 2.26. The minimum absolute atomic E-state index is 0.328. The number of nitrogens with one attached hydrogen (secondary N) is 1. The molecular weight excluding hydrogens is 426 g/mol. The maximum absolute atomic E-state index is 13.1. The Labute approximate surface area is 191 Å². The highest BCUT2D eigenvalue weighted by molar-refractivity contribution is 7.92. The summed E-state index contributed by atoms with van der Waals surface area (Å²) in [5, 5.41) is 2.93. The summed E-state index contributed by atoms with van der Waals surface area (Å²) >= 11 is 0. The van der Waals surface area contributed by atoms with E-state index in [1.807, 2.05) is 12.1 Å². The van der Waals surface area contributed by atoms with Crippen molar-refractivity contribution < 1.29 is 17.9 Å². The summed E-state index contributed by atoms with van der Waals surface area (Å²) in [5.74, 6) is 0.201. The highest BCUT2D eigenvalue weighted by Gasteiger charge is 2.31. The molecule has 7 nitrogen and oxygen atoms in total. The number of amides is 1. The molecule has 0 bridgehead atoms. The highest BCUT2D eigenvalue weighted by atomic mass is 32.2.